The van der Waals surface area contributed by atoms with Crippen molar-refractivity contribution in [2.75, 3.05) is 5.73 Å². The van der Waals surface area contributed by atoms with E-state index in [-0.39, 0.29) is 11.2 Å². The Morgan fingerprint density at radius 1 is 1.36 bits per heavy atom. The number of hydrogen-bond acceptors (Lipinski definition) is 3. The highest BCUT2D eigenvalue weighted by Crippen LogP contribution is 2.02. The fourth-order valence-electron chi connectivity index (χ4n) is 0.781. The van der Waals surface area contributed by atoms with Crippen LogP contribution in [-0.2, 0) is 0 Å². The van der Waals surface area contributed by atoms with E-state index in [9.17, 15) is 4.39 Å². The zero-order chi connectivity index (χ0) is 8.43. The number of anilines is 1. The van der Waals surface area contributed by atoms with E-state index >= 15 is 0 Å². The number of benzene rings is 1. The molecule has 0 aliphatic heterocycles. The highest BCUT2D eigenvalue weighted by atomic mass is 19.1. The normalized spacial score (nSPS) is 9.73. The molecule has 11 heavy (non-hydrogen) atoms. The molecule has 58 valence electrons. The van der Waals surface area contributed by atoms with Crippen molar-refractivity contribution in [1.29, 1.82) is 0 Å². The van der Waals surface area contributed by atoms with Crippen LogP contribution in [0.15, 0.2) is 18.2 Å². The maximum absolute atomic E-state index is 12.4. The molecule has 0 bridgehead atoms. The van der Waals surface area contributed by atoms with Crippen molar-refractivity contribution in [1.82, 2.24) is 0 Å². The maximum Gasteiger partial charge on any atom is 0.490 e. The largest absolute Gasteiger partial charge is 0.490 e. The van der Waals surface area contributed by atoms with Gasteiger partial charge >= 0.3 is 7.12 Å². The molecule has 1 aromatic carbocycles. The van der Waals surface area contributed by atoms with Gasteiger partial charge in [-0.15, -0.1) is 0 Å². The monoisotopic (exact) mass is 155 g/mol. The smallest absolute Gasteiger partial charge is 0.423 e. The number of hydrogen-bond donors (Lipinski definition) is 3. The first-order valence-electron chi connectivity index (χ1n) is 3.02. The Morgan fingerprint density at radius 2 is 2.00 bits per heavy atom. The predicted octanol–water partition coefficient (Wildman–Crippen LogP) is -0.912. The molecule has 0 spiro atoms. The van der Waals surface area contributed by atoms with Gasteiger partial charge in [-0.05, 0) is 12.1 Å². The topological polar surface area (TPSA) is 66.5 Å². The molecule has 0 aromatic heterocycles. The fourth-order valence-corrected chi connectivity index (χ4v) is 0.781. The zero-order valence-corrected chi connectivity index (χ0v) is 5.66. The van der Waals surface area contributed by atoms with E-state index in [4.69, 9.17) is 15.8 Å². The number of rotatable bonds is 1. The number of halogens is 1. The summed E-state index contributed by atoms with van der Waals surface area (Å²) in [5.41, 5.74) is 5.42. The van der Waals surface area contributed by atoms with Crippen molar-refractivity contribution in [3.8, 4) is 0 Å². The molecule has 1 aromatic rings. The lowest BCUT2D eigenvalue weighted by Crippen LogP contribution is -2.32. The van der Waals surface area contributed by atoms with Crippen LogP contribution in [0.25, 0.3) is 0 Å². The SMILES string of the molecule is Nc1cc(F)ccc1B(O)O. The first kappa shape index (κ1) is 8.04. The lowest BCUT2D eigenvalue weighted by molar-refractivity contribution is 0.426. The van der Waals surface area contributed by atoms with Crippen molar-refractivity contribution in [2.45, 2.75) is 0 Å². The van der Waals surface area contributed by atoms with E-state index in [0.717, 1.165) is 12.1 Å². The zero-order valence-electron chi connectivity index (χ0n) is 5.66. The Hall–Kier alpha value is -1.07. The molecule has 0 aliphatic carbocycles. The predicted molar refractivity (Wildman–Crippen MR) is 40.6 cm³/mol. The molecule has 4 N–H and O–H groups in total. The van der Waals surface area contributed by atoms with Gasteiger partial charge in [0.1, 0.15) is 5.82 Å². The maximum atomic E-state index is 12.4. The van der Waals surface area contributed by atoms with Gasteiger partial charge in [-0.25, -0.2) is 4.39 Å². The number of nitrogens with two attached hydrogens (primary N) is 1. The van der Waals surface area contributed by atoms with Crippen LogP contribution in [0.2, 0.25) is 0 Å². The molecule has 0 aliphatic rings. The standard InChI is InChI=1S/C6H7BFNO2/c8-4-1-2-5(7(10)11)6(9)3-4/h1-3,10-11H,9H2. The van der Waals surface area contributed by atoms with Crippen LogP contribution in [0.5, 0.6) is 0 Å². The third-order valence-corrected chi connectivity index (χ3v) is 1.33. The first-order valence-corrected chi connectivity index (χ1v) is 3.02. The molecule has 0 radical (unpaired) electrons. The molecular formula is C6H7BFNO2. The van der Waals surface area contributed by atoms with Crippen LogP contribution in [0.3, 0.4) is 0 Å². The minimum atomic E-state index is -1.64. The average molecular weight is 155 g/mol. The van der Waals surface area contributed by atoms with Crippen molar-refractivity contribution in [3.63, 3.8) is 0 Å². The van der Waals surface area contributed by atoms with Gasteiger partial charge in [-0.2, -0.15) is 0 Å². The highest BCUT2D eigenvalue weighted by Gasteiger charge is 2.14. The van der Waals surface area contributed by atoms with E-state index in [1.54, 1.807) is 0 Å². The lowest BCUT2D eigenvalue weighted by atomic mass is 9.79. The average Bonchev–Trinajstić information content (AvgIpc) is 1.85. The fraction of sp³-hybridized carbons (Fsp3) is 0. The second-order valence-electron chi connectivity index (χ2n) is 2.15. The molecule has 0 heterocycles. The summed E-state index contributed by atoms with van der Waals surface area (Å²) in [7, 11) is -1.64. The summed E-state index contributed by atoms with van der Waals surface area (Å²) in [6.45, 7) is 0. The van der Waals surface area contributed by atoms with Crippen molar-refractivity contribution in [3.05, 3.63) is 24.0 Å². The van der Waals surface area contributed by atoms with Gasteiger partial charge in [0.05, 0.1) is 0 Å². The van der Waals surface area contributed by atoms with Gasteiger partial charge in [-0.1, -0.05) is 6.07 Å². The van der Waals surface area contributed by atoms with Crippen LogP contribution in [-0.4, -0.2) is 17.2 Å². The second kappa shape index (κ2) is 2.90. The Labute approximate surface area is 63.4 Å². The molecular weight excluding hydrogens is 148 g/mol. The van der Waals surface area contributed by atoms with E-state index < -0.39 is 12.9 Å². The van der Waals surface area contributed by atoms with Crippen LogP contribution >= 0.6 is 0 Å². The van der Waals surface area contributed by atoms with E-state index in [0.29, 0.717) is 0 Å². The minimum Gasteiger partial charge on any atom is -0.423 e. The third kappa shape index (κ3) is 1.69. The summed E-state index contributed by atoms with van der Waals surface area (Å²) in [5, 5.41) is 17.3. The van der Waals surface area contributed by atoms with Crippen LogP contribution in [0.4, 0.5) is 10.1 Å². The summed E-state index contributed by atoms with van der Waals surface area (Å²) >= 11 is 0. The van der Waals surface area contributed by atoms with E-state index in [1.807, 2.05) is 0 Å². The Kier molecular flexibility index (Phi) is 2.12. The summed E-state index contributed by atoms with van der Waals surface area (Å²) in [6.07, 6.45) is 0. The van der Waals surface area contributed by atoms with Gasteiger partial charge in [0.25, 0.3) is 0 Å². The molecule has 1 rings (SSSR count). The molecule has 0 atom stereocenters. The quantitative estimate of drug-likeness (QED) is 0.363. The number of nitrogen functional groups attached to an aromatic ring is 1. The van der Waals surface area contributed by atoms with Crippen LogP contribution in [0, 0.1) is 5.82 Å². The highest BCUT2D eigenvalue weighted by molar-refractivity contribution is 6.60. The molecule has 0 saturated carbocycles. The van der Waals surface area contributed by atoms with Gasteiger partial charge < -0.3 is 15.8 Å². The van der Waals surface area contributed by atoms with E-state index in [2.05, 4.69) is 0 Å². The van der Waals surface area contributed by atoms with Crippen molar-refractivity contribution in [2.24, 2.45) is 0 Å². The van der Waals surface area contributed by atoms with Gasteiger partial charge in [0.2, 0.25) is 0 Å². The summed E-state index contributed by atoms with van der Waals surface area (Å²) in [5.74, 6) is -0.494. The molecule has 0 fully saturated rings. The van der Waals surface area contributed by atoms with Gasteiger partial charge in [-0.3, -0.25) is 0 Å². The Bertz CT molecular complexity index is 267. The second-order valence-corrected chi connectivity index (χ2v) is 2.15. The van der Waals surface area contributed by atoms with Crippen LogP contribution < -0.4 is 11.2 Å². The lowest BCUT2D eigenvalue weighted by Gasteiger charge is -2.02. The van der Waals surface area contributed by atoms with Crippen molar-refractivity contribution >= 4 is 18.3 Å². The molecule has 0 amide bonds. The van der Waals surface area contributed by atoms with Gasteiger partial charge in [0, 0.05) is 11.2 Å². The van der Waals surface area contributed by atoms with Gasteiger partial charge in [0.15, 0.2) is 0 Å². The Balaban J connectivity index is 3.09. The summed E-state index contributed by atoms with van der Waals surface area (Å²) in [4.78, 5) is 0. The van der Waals surface area contributed by atoms with E-state index in [1.165, 1.54) is 6.07 Å². The molecule has 5 heteroatoms. The summed E-state index contributed by atoms with van der Waals surface area (Å²) < 4.78 is 12.4. The van der Waals surface area contributed by atoms with Crippen LogP contribution in [0.1, 0.15) is 0 Å². The molecule has 0 unspecified atom stereocenters. The van der Waals surface area contributed by atoms with Crippen molar-refractivity contribution < 1.29 is 14.4 Å². The molecule has 3 nitrogen and oxygen atoms in total. The first-order chi connectivity index (χ1) is 5.11. The third-order valence-electron chi connectivity index (χ3n) is 1.33. The Morgan fingerprint density at radius 3 is 2.45 bits per heavy atom. The molecule has 0 saturated heterocycles. The minimum absolute atomic E-state index is 0.0417. The summed E-state index contributed by atoms with van der Waals surface area (Å²) in [6, 6.07) is 3.38.